The fourth-order valence-electron chi connectivity index (χ4n) is 3.45. The third-order valence-electron chi connectivity index (χ3n) is 4.73. The van der Waals surface area contributed by atoms with Gasteiger partial charge in [-0.15, -0.1) is 0 Å². The van der Waals surface area contributed by atoms with Gasteiger partial charge in [-0.2, -0.15) is 0 Å². The second-order valence-corrected chi connectivity index (χ2v) is 9.23. The number of hydrogen-bond acceptors (Lipinski definition) is 4. The predicted octanol–water partition coefficient (Wildman–Crippen LogP) is 0.851. The topological polar surface area (TPSA) is 73.8 Å². The van der Waals surface area contributed by atoms with Gasteiger partial charge in [0.25, 0.3) is 0 Å². The molecule has 6 nitrogen and oxygen atoms in total. The average molecular weight is 345 g/mol. The van der Waals surface area contributed by atoms with Crippen LogP contribution in [-0.4, -0.2) is 70.1 Å². The number of likely N-dealkylation sites (tertiary alicyclic amines) is 1. The highest BCUT2D eigenvalue weighted by atomic mass is 32.2. The summed E-state index contributed by atoms with van der Waals surface area (Å²) < 4.78 is 23.0. The van der Waals surface area contributed by atoms with Gasteiger partial charge in [0.05, 0.1) is 11.5 Å². The molecule has 2 unspecified atom stereocenters. The molecule has 7 heteroatoms. The molecule has 2 rings (SSSR count). The summed E-state index contributed by atoms with van der Waals surface area (Å²) in [4.78, 5) is 6.76. The highest BCUT2D eigenvalue weighted by molar-refractivity contribution is 7.91. The van der Waals surface area contributed by atoms with Gasteiger partial charge in [0.15, 0.2) is 15.8 Å². The molecule has 0 amide bonds. The molecule has 2 saturated heterocycles. The summed E-state index contributed by atoms with van der Waals surface area (Å²) >= 11 is 0. The highest BCUT2D eigenvalue weighted by Crippen LogP contribution is 2.15. The molecule has 0 aromatic rings. The third kappa shape index (κ3) is 6.67. The first-order valence-electron chi connectivity index (χ1n) is 8.88. The first kappa shape index (κ1) is 18.5. The van der Waals surface area contributed by atoms with Gasteiger partial charge in [-0.1, -0.05) is 6.92 Å². The Labute approximate surface area is 141 Å². The predicted molar refractivity (Wildman–Crippen MR) is 95.6 cm³/mol. The van der Waals surface area contributed by atoms with E-state index in [1.54, 1.807) is 7.05 Å². The molecule has 23 heavy (non-hydrogen) atoms. The summed E-state index contributed by atoms with van der Waals surface area (Å²) in [6.45, 7) is 6.89. The van der Waals surface area contributed by atoms with Crippen molar-refractivity contribution in [2.75, 3.05) is 44.7 Å². The smallest absolute Gasteiger partial charge is 0.191 e. The number of hydrogen-bond donors (Lipinski definition) is 2. The van der Waals surface area contributed by atoms with E-state index in [2.05, 4.69) is 27.4 Å². The molecule has 2 fully saturated rings. The minimum absolute atomic E-state index is 0.000961. The number of sulfone groups is 1. The molecular weight excluding hydrogens is 312 g/mol. The van der Waals surface area contributed by atoms with E-state index in [4.69, 9.17) is 0 Å². The Morgan fingerprint density at radius 2 is 2.13 bits per heavy atom. The molecular formula is C16H32N4O2S. The second kappa shape index (κ2) is 8.87. The van der Waals surface area contributed by atoms with E-state index in [1.165, 1.54) is 38.9 Å². The zero-order chi connectivity index (χ0) is 16.7. The van der Waals surface area contributed by atoms with Gasteiger partial charge in [-0.3, -0.25) is 4.99 Å². The minimum Gasteiger partial charge on any atom is -0.356 e. The van der Waals surface area contributed by atoms with Gasteiger partial charge in [-0.05, 0) is 51.1 Å². The van der Waals surface area contributed by atoms with E-state index in [0.717, 1.165) is 24.8 Å². The summed E-state index contributed by atoms with van der Waals surface area (Å²) in [5.41, 5.74) is 0. The van der Waals surface area contributed by atoms with Crippen LogP contribution in [0, 0.1) is 5.92 Å². The molecule has 0 radical (unpaired) electrons. The zero-order valence-corrected chi connectivity index (χ0v) is 15.4. The molecule has 0 spiro atoms. The molecule has 2 atom stereocenters. The first-order valence-corrected chi connectivity index (χ1v) is 10.7. The van der Waals surface area contributed by atoms with Crippen LogP contribution in [0.5, 0.6) is 0 Å². The number of aliphatic imine (C=N–C) groups is 1. The van der Waals surface area contributed by atoms with Gasteiger partial charge < -0.3 is 15.5 Å². The van der Waals surface area contributed by atoms with Crippen LogP contribution < -0.4 is 10.6 Å². The largest absolute Gasteiger partial charge is 0.356 e. The lowest BCUT2D eigenvalue weighted by molar-refractivity contribution is 0.181. The van der Waals surface area contributed by atoms with E-state index >= 15 is 0 Å². The molecule has 2 aliphatic heterocycles. The lowest BCUT2D eigenvalue weighted by atomic mass is 10.0. The number of guanidine groups is 1. The molecule has 0 aromatic heterocycles. The number of unbranched alkanes of at least 4 members (excludes halogenated alkanes) is 1. The van der Waals surface area contributed by atoms with Gasteiger partial charge in [0, 0.05) is 26.2 Å². The second-order valence-electron chi connectivity index (χ2n) is 7.00. The Balaban J connectivity index is 1.57. The number of piperidine rings is 1. The molecule has 2 aliphatic rings. The number of rotatable bonds is 6. The lowest BCUT2D eigenvalue weighted by Crippen LogP contribution is -2.44. The van der Waals surface area contributed by atoms with Crippen molar-refractivity contribution in [2.24, 2.45) is 10.9 Å². The standard InChI is InChI=1S/C16H32N4O2S/c1-14-6-5-10-20(12-14)9-4-3-8-18-16(17-2)19-15-7-11-23(21,22)13-15/h14-15H,3-13H2,1-2H3,(H2,17,18,19). The Hall–Kier alpha value is -0.820. The zero-order valence-electron chi connectivity index (χ0n) is 14.6. The van der Waals surface area contributed by atoms with E-state index < -0.39 is 9.84 Å². The SMILES string of the molecule is CN=C(NCCCCN1CCCC(C)C1)NC1CCS(=O)(=O)C1. The van der Waals surface area contributed by atoms with Gasteiger partial charge in [0.2, 0.25) is 0 Å². The van der Waals surface area contributed by atoms with E-state index in [-0.39, 0.29) is 17.5 Å². The Kier molecular flexibility index (Phi) is 7.14. The van der Waals surface area contributed by atoms with Gasteiger partial charge in [-0.25, -0.2) is 8.42 Å². The summed E-state index contributed by atoms with van der Waals surface area (Å²) in [5, 5.41) is 6.51. The number of nitrogens with one attached hydrogen (secondary N) is 2. The number of nitrogens with zero attached hydrogens (tertiary/aromatic N) is 2. The van der Waals surface area contributed by atoms with Crippen molar-refractivity contribution in [1.29, 1.82) is 0 Å². The maximum absolute atomic E-state index is 11.5. The van der Waals surface area contributed by atoms with Crippen molar-refractivity contribution >= 4 is 15.8 Å². The molecule has 0 aliphatic carbocycles. The third-order valence-corrected chi connectivity index (χ3v) is 6.50. The van der Waals surface area contributed by atoms with Crippen LogP contribution in [0.4, 0.5) is 0 Å². The van der Waals surface area contributed by atoms with Crippen molar-refractivity contribution in [3.8, 4) is 0 Å². The van der Waals surface area contributed by atoms with Crippen LogP contribution in [0.2, 0.25) is 0 Å². The van der Waals surface area contributed by atoms with Crippen molar-refractivity contribution in [1.82, 2.24) is 15.5 Å². The van der Waals surface area contributed by atoms with E-state index in [9.17, 15) is 8.42 Å². The quantitative estimate of drug-likeness (QED) is 0.425. The fourth-order valence-corrected chi connectivity index (χ4v) is 5.13. The molecule has 0 bridgehead atoms. The van der Waals surface area contributed by atoms with Crippen LogP contribution in [0.25, 0.3) is 0 Å². The summed E-state index contributed by atoms with van der Waals surface area (Å²) in [5.74, 6) is 2.07. The average Bonchev–Trinajstić information content (AvgIpc) is 2.84. The Bertz CT molecular complexity index is 492. The first-order chi connectivity index (χ1) is 11.0. The minimum atomic E-state index is -2.85. The summed E-state index contributed by atoms with van der Waals surface area (Å²) in [6.07, 6.45) is 5.68. The van der Waals surface area contributed by atoms with E-state index in [1.807, 2.05) is 0 Å². The van der Waals surface area contributed by atoms with Crippen molar-refractivity contribution in [2.45, 2.75) is 45.1 Å². The van der Waals surface area contributed by atoms with Gasteiger partial charge >= 0.3 is 0 Å². The van der Waals surface area contributed by atoms with Crippen LogP contribution >= 0.6 is 0 Å². The highest BCUT2D eigenvalue weighted by Gasteiger charge is 2.28. The normalized spacial score (nSPS) is 28.7. The molecule has 134 valence electrons. The molecule has 0 saturated carbocycles. The van der Waals surface area contributed by atoms with Gasteiger partial charge in [0.1, 0.15) is 0 Å². The van der Waals surface area contributed by atoms with Crippen LogP contribution in [-0.2, 0) is 9.84 Å². The summed E-state index contributed by atoms with van der Waals surface area (Å²) in [6, 6.07) is 0.000961. The molecule has 2 N–H and O–H groups in total. The molecule has 0 aromatic carbocycles. The van der Waals surface area contributed by atoms with Crippen LogP contribution in [0.3, 0.4) is 0 Å². The van der Waals surface area contributed by atoms with Crippen molar-refractivity contribution < 1.29 is 8.42 Å². The van der Waals surface area contributed by atoms with Crippen molar-refractivity contribution in [3.63, 3.8) is 0 Å². The maximum atomic E-state index is 11.5. The van der Waals surface area contributed by atoms with E-state index in [0.29, 0.717) is 6.42 Å². The fraction of sp³-hybridized carbons (Fsp3) is 0.938. The monoisotopic (exact) mass is 344 g/mol. The van der Waals surface area contributed by atoms with Crippen LogP contribution in [0.15, 0.2) is 4.99 Å². The van der Waals surface area contributed by atoms with Crippen LogP contribution in [0.1, 0.15) is 39.0 Å². The Morgan fingerprint density at radius 1 is 1.30 bits per heavy atom. The Morgan fingerprint density at radius 3 is 2.78 bits per heavy atom. The van der Waals surface area contributed by atoms with Crippen molar-refractivity contribution in [3.05, 3.63) is 0 Å². The lowest BCUT2D eigenvalue weighted by Gasteiger charge is -2.30. The summed E-state index contributed by atoms with van der Waals surface area (Å²) in [7, 11) is -1.12. The maximum Gasteiger partial charge on any atom is 0.191 e. The molecule has 2 heterocycles.